The first kappa shape index (κ1) is 13.8. The summed E-state index contributed by atoms with van der Waals surface area (Å²) in [6.07, 6.45) is 5.98. The van der Waals surface area contributed by atoms with Crippen LogP contribution in [-0.2, 0) is 4.74 Å². The van der Waals surface area contributed by atoms with Crippen LogP contribution >= 0.6 is 0 Å². The molecule has 4 nitrogen and oxygen atoms in total. The van der Waals surface area contributed by atoms with Gasteiger partial charge in [-0.25, -0.2) is 0 Å². The van der Waals surface area contributed by atoms with Gasteiger partial charge in [-0.3, -0.25) is 4.90 Å². The maximum atomic E-state index is 9.88. The smallest absolute Gasteiger partial charge is 0.0594 e. The number of ether oxygens (including phenoxy) is 1. The van der Waals surface area contributed by atoms with Gasteiger partial charge >= 0.3 is 0 Å². The van der Waals surface area contributed by atoms with E-state index in [1.807, 2.05) is 0 Å². The Bertz CT molecular complexity index is 281. The second kappa shape index (κ2) is 6.53. The second-order valence-electron chi connectivity index (χ2n) is 6.44. The van der Waals surface area contributed by atoms with Crippen molar-refractivity contribution >= 4 is 0 Å². The lowest BCUT2D eigenvalue weighted by molar-refractivity contribution is 0.0183. The van der Waals surface area contributed by atoms with Crippen molar-refractivity contribution in [2.24, 2.45) is 5.92 Å². The molecule has 4 heteroatoms. The van der Waals surface area contributed by atoms with Crippen molar-refractivity contribution in [3.63, 3.8) is 0 Å². The summed E-state index contributed by atoms with van der Waals surface area (Å²) in [6.45, 7) is 7.69. The fourth-order valence-electron chi connectivity index (χ4n) is 3.96. The van der Waals surface area contributed by atoms with Crippen LogP contribution in [0.1, 0.15) is 32.1 Å². The lowest BCUT2D eigenvalue weighted by atomic mass is 10.0. The normalized spacial score (nSPS) is 38.1. The Morgan fingerprint density at radius 1 is 1.05 bits per heavy atom. The average Bonchev–Trinajstić information content (AvgIpc) is 3.06. The number of hydrogen-bond donors (Lipinski definition) is 1. The standard InChI is InChI=1S/C15H28N2O2/c18-15-3-1-2-13(15)4-6-16-7-5-14(12-16)17-8-10-19-11-9-17/h13-15,18H,1-12H2. The minimum absolute atomic E-state index is 0.0161. The Hall–Kier alpha value is -0.160. The Morgan fingerprint density at radius 3 is 2.63 bits per heavy atom. The molecule has 110 valence electrons. The van der Waals surface area contributed by atoms with Crippen molar-refractivity contribution in [1.82, 2.24) is 9.80 Å². The van der Waals surface area contributed by atoms with Gasteiger partial charge in [0.1, 0.15) is 0 Å². The first-order valence-electron chi connectivity index (χ1n) is 8.05. The van der Waals surface area contributed by atoms with Crippen LogP contribution in [-0.4, -0.2) is 73.0 Å². The highest BCUT2D eigenvalue weighted by molar-refractivity contribution is 4.85. The molecule has 3 unspecified atom stereocenters. The van der Waals surface area contributed by atoms with Crippen molar-refractivity contribution in [2.75, 3.05) is 45.9 Å². The summed E-state index contributed by atoms with van der Waals surface area (Å²) in [4.78, 5) is 5.21. The van der Waals surface area contributed by atoms with Gasteiger partial charge in [0, 0.05) is 25.7 Å². The quantitative estimate of drug-likeness (QED) is 0.823. The zero-order valence-electron chi connectivity index (χ0n) is 12.0. The fourth-order valence-corrected chi connectivity index (χ4v) is 3.96. The highest BCUT2D eigenvalue weighted by atomic mass is 16.5. The van der Waals surface area contributed by atoms with Crippen LogP contribution in [0, 0.1) is 5.92 Å². The molecule has 2 heterocycles. The third-order valence-electron chi connectivity index (χ3n) is 5.24. The molecule has 3 fully saturated rings. The van der Waals surface area contributed by atoms with E-state index in [0.29, 0.717) is 5.92 Å². The molecule has 1 saturated carbocycles. The fraction of sp³-hybridized carbons (Fsp3) is 1.00. The predicted octanol–water partition coefficient (Wildman–Crippen LogP) is 0.944. The van der Waals surface area contributed by atoms with Crippen molar-refractivity contribution in [1.29, 1.82) is 0 Å². The van der Waals surface area contributed by atoms with Gasteiger partial charge in [0.15, 0.2) is 0 Å². The summed E-state index contributed by atoms with van der Waals surface area (Å²) in [5.41, 5.74) is 0. The molecule has 0 amide bonds. The molecule has 0 aromatic heterocycles. The van der Waals surface area contributed by atoms with Gasteiger partial charge in [-0.05, 0) is 44.7 Å². The predicted molar refractivity (Wildman–Crippen MR) is 75.2 cm³/mol. The second-order valence-corrected chi connectivity index (χ2v) is 6.44. The molecule has 3 atom stereocenters. The molecule has 2 aliphatic heterocycles. The average molecular weight is 268 g/mol. The number of aliphatic hydroxyl groups is 1. The van der Waals surface area contributed by atoms with Crippen molar-refractivity contribution < 1.29 is 9.84 Å². The topological polar surface area (TPSA) is 35.9 Å². The molecular formula is C15H28N2O2. The zero-order valence-corrected chi connectivity index (χ0v) is 12.0. The third kappa shape index (κ3) is 3.48. The Balaban J connectivity index is 1.39. The van der Waals surface area contributed by atoms with E-state index >= 15 is 0 Å². The SMILES string of the molecule is OC1CCCC1CCN1CCC(N2CCOCC2)C1. The van der Waals surface area contributed by atoms with Gasteiger partial charge in [0.2, 0.25) is 0 Å². The van der Waals surface area contributed by atoms with E-state index in [1.54, 1.807) is 0 Å². The number of nitrogens with zero attached hydrogens (tertiary/aromatic N) is 2. The van der Waals surface area contributed by atoms with E-state index in [1.165, 1.54) is 45.3 Å². The monoisotopic (exact) mass is 268 g/mol. The number of rotatable bonds is 4. The van der Waals surface area contributed by atoms with Gasteiger partial charge in [0.05, 0.1) is 19.3 Å². The van der Waals surface area contributed by atoms with Crippen LogP contribution in [0.25, 0.3) is 0 Å². The number of likely N-dealkylation sites (tertiary alicyclic amines) is 1. The molecule has 1 N–H and O–H groups in total. The summed E-state index contributed by atoms with van der Waals surface area (Å²) in [5, 5.41) is 9.88. The lowest BCUT2D eigenvalue weighted by Gasteiger charge is -2.32. The van der Waals surface area contributed by atoms with E-state index in [4.69, 9.17) is 4.74 Å². The van der Waals surface area contributed by atoms with E-state index in [9.17, 15) is 5.11 Å². The zero-order chi connectivity index (χ0) is 13.1. The molecule has 0 aromatic carbocycles. The number of aliphatic hydroxyl groups excluding tert-OH is 1. The van der Waals surface area contributed by atoms with Crippen LogP contribution in [0.4, 0.5) is 0 Å². The van der Waals surface area contributed by atoms with Gasteiger partial charge in [-0.2, -0.15) is 0 Å². The molecule has 0 bridgehead atoms. The summed E-state index contributed by atoms with van der Waals surface area (Å²) in [6, 6.07) is 0.748. The van der Waals surface area contributed by atoms with Crippen molar-refractivity contribution in [3.8, 4) is 0 Å². The van der Waals surface area contributed by atoms with Gasteiger partial charge in [-0.15, -0.1) is 0 Å². The van der Waals surface area contributed by atoms with Crippen molar-refractivity contribution in [3.05, 3.63) is 0 Å². The maximum Gasteiger partial charge on any atom is 0.0594 e. The minimum Gasteiger partial charge on any atom is -0.393 e. The molecule has 0 radical (unpaired) electrons. The molecule has 0 aromatic rings. The van der Waals surface area contributed by atoms with Crippen LogP contribution in [0.15, 0.2) is 0 Å². The summed E-state index contributed by atoms with van der Waals surface area (Å²) >= 11 is 0. The summed E-state index contributed by atoms with van der Waals surface area (Å²) < 4.78 is 5.43. The molecule has 2 saturated heterocycles. The first-order chi connectivity index (χ1) is 9.33. The Morgan fingerprint density at radius 2 is 1.89 bits per heavy atom. The molecule has 1 aliphatic carbocycles. The van der Waals surface area contributed by atoms with E-state index in [-0.39, 0.29) is 6.10 Å². The van der Waals surface area contributed by atoms with E-state index in [2.05, 4.69) is 9.80 Å². The highest BCUT2D eigenvalue weighted by Crippen LogP contribution is 2.29. The Kier molecular flexibility index (Phi) is 4.74. The molecular weight excluding hydrogens is 240 g/mol. The summed E-state index contributed by atoms with van der Waals surface area (Å²) in [5.74, 6) is 0.572. The van der Waals surface area contributed by atoms with Crippen molar-refractivity contribution in [2.45, 2.75) is 44.2 Å². The summed E-state index contributed by atoms with van der Waals surface area (Å²) in [7, 11) is 0. The largest absolute Gasteiger partial charge is 0.393 e. The molecule has 0 spiro atoms. The van der Waals surface area contributed by atoms with Crippen LogP contribution in [0.3, 0.4) is 0 Å². The lowest BCUT2D eigenvalue weighted by Crippen LogP contribution is -2.44. The number of hydrogen-bond acceptors (Lipinski definition) is 4. The molecule has 19 heavy (non-hydrogen) atoms. The van der Waals surface area contributed by atoms with Gasteiger partial charge in [-0.1, -0.05) is 6.42 Å². The van der Waals surface area contributed by atoms with Crippen LogP contribution < -0.4 is 0 Å². The van der Waals surface area contributed by atoms with E-state index in [0.717, 1.165) is 38.8 Å². The van der Waals surface area contributed by atoms with Gasteiger partial charge in [0.25, 0.3) is 0 Å². The van der Waals surface area contributed by atoms with Crippen LogP contribution in [0.5, 0.6) is 0 Å². The first-order valence-corrected chi connectivity index (χ1v) is 8.05. The third-order valence-corrected chi connectivity index (χ3v) is 5.24. The Labute approximate surface area is 116 Å². The minimum atomic E-state index is -0.0161. The van der Waals surface area contributed by atoms with Crippen LogP contribution in [0.2, 0.25) is 0 Å². The highest BCUT2D eigenvalue weighted by Gasteiger charge is 2.30. The number of morpholine rings is 1. The van der Waals surface area contributed by atoms with E-state index < -0.39 is 0 Å². The molecule has 3 rings (SSSR count). The van der Waals surface area contributed by atoms with Gasteiger partial charge < -0.3 is 14.7 Å². The molecule has 3 aliphatic rings. The maximum absolute atomic E-state index is 9.88.